The van der Waals surface area contributed by atoms with Crippen LogP contribution in [-0.4, -0.2) is 49.3 Å². The van der Waals surface area contributed by atoms with Gasteiger partial charge < -0.3 is 10.1 Å². The van der Waals surface area contributed by atoms with Crippen LogP contribution in [0.5, 0.6) is 0 Å². The van der Waals surface area contributed by atoms with Crippen molar-refractivity contribution in [1.82, 2.24) is 10.2 Å². The van der Waals surface area contributed by atoms with Gasteiger partial charge in [-0.3, -0.25) is 4.90 Å². The summed E-state index contributed by atoms with van der Waals surface area (Å²) in [5.41, 5.74) is 0.436. The molecule has 2 rings (SSSR count). The second-order valence-electron chi connectivity index (χ2n) is 6.94. The third-order valence-corrected chi connectivity index (χ3v) is 4.55. The van der Waals surface area contributed by atoms with Gasteiger partial charge in [-0.25, -0.2) is 0 Å². The lowest BCUT2D eigenvalue weighted by Gasteiger charge is -2.44. The quantitative estimate of drug-likeness (QED) is 0.797. The Hall–Kier alpha value is -0.120. The maximum Gasteiger partial charge on any atom is 0.0753 e. The molecule has 3 heteroatoms. The Morgan fingerprint density at radius 1 is 1.24 bits per heavy atom. The van der Waals surface area contributed by atoms with E-state index in [1.54, 1.807) is 0 Å². The summed E-state index contributed by atoms with van der Waals surface area (Å²) in [7, 11) is 2.11. The van der Waals surface area contributed by atoms with Gasteiger partial charge in [0.05, 0.1) is 12.2 Å². The molecule has 0 spiro atoms. The molecule has 100 valence electrons. The van der Waals surface area contributed by atoms with Crippen LogP contribution in [0.1, 0.15) is 40.5 Å². The first-order chi connectivity index (χ1) is 7.86. The summed E-state index contributed by atoms with van der Waals surface area (Å²) in [6.45, 7) is 12.2. The molecule has 0 radical (unpaired) electrons. The zero-order valence-corrected chi connectivity index (χ0v) is 12.0. The van der Waals surface area contributed by atoms with E-state index in [0.717, 1.165) is 19.7 Å². The normalized spacial score (nSPS) is 37.2. The lowest BCUT2D eigenvalue weighted by atomic mass is 9.86. The SMILES string of the molecule is CNC1C(N2CCOC(C)(C)C2)CCC1(C)C. The van der Waals surface area contributed by atoms with E-state index in [1.807, 2.05) is 0 Å². The fraction of sp³-hybridized carbons (Fsp3) is 1.00. The minimum absolute atomic E-state index is 0.0171. The van der Waals surface area contributed by atoms with E-state index >= 15 is 0 Å². The van der Waals surface area contributed by atoms with Crippen LogP contribution >= 0.6 is 0 Å². The summed E-state index contributed by atoms with van der Waals surface area (Å²) in [6.07, 6.45) is 2.63. The Bertz CT molecular complexity index is 275. The van der Waals surface area contributed by atoms with Crippen LogP contribution in [0.3, 0.4) is 0 Å². The second kappa shape index (κ2) is 4.52. The number of rotatable bonds is 2. The lowest BCUT2D eigenvalue weighted by Crippen LogP contribution is -2.57. The maximum atomic E-state index is 5.81. The van der Waals surface area contributed by atoms with Crippen LogP contribution in [0, 0.1) is 5.41 Å². The summed E-state index contributed by atoms with van der Waals surface area (Å²) in [6, 6.07) is 1.29. The van der Waals surface area contributed by atoms with Gasteiger partial charge in [0.2, 0.25) is 0 Å². The molecule has 2 aliphatic rings. The predicted molar refractivity (Wildman–Crippen MR) is 71.3 cm³/mol. The number of morpholine rings is 1. The summed E-state index contributed by atoms with van der Waals surface area (Å²) in [5, 5.41) is 3.55. The molecular formula is C14H28N2O. The van der Waals surface area contributed by atoms with Crippen molar-refractivity contribution >= 4 is 0 Å². The summed E-state index contributed by atoms with van der Waals surface area (Å²) in [4.78, 5) is 2.64. The Kier molecular flexibility index (Phi) is 3.54. The average molecular weight is 240 g/mol. The minimum atomic E-state index is 0.0171. The molecule has 1 N–H and O–H groups in total. The molecule has 17 heavy (non-hydrogen) atoms. The van der Waals surface area contributed by atoms with E-state index in [9.17, 15) is 0 Å². The summed E-state index contributed by atoms with van der Waals surface area (Å²) in [5.74, 6) is 0. The third-order valence-electron chi connectivity index (χ3n) is 4.55. The van der Waals surface area contributed by atoms with Crippen molar-refractivity contribution in [1.29, 1.82) is 0 Å². The zero-order chi connectivity index (χ0) is 12.7. The Morgan fingerprint density at radius 2 is 1.94 bits per heavy atom. The van der Waals surface area contributed by atoms with Crippen molar-refractivity contribution in [3.8, 4) is 0 Å². The average Bonchev–Trinajstić information content (AvgIpc) is 2.51. The topological polar surface area (TPSA) is 24.5 Å². The van der Waals surface area contributed by atoms with Crippen LogP contribution in [0.4, 0.5) is 0 Å². The van der Waals surface area contributed by atoms with Crippen LogP contribution in [-0.2, 0) is 4.74 Å². The second-order valence-corrected chi connectivity index (χ2v) is 6.94. The van der Waals surface area contributed by atoms with Gasteiger partial charge in [0.1, 0.15) is 0 Å². The molecule has 0 aromatic carbocycles. The molecule has 0 amide bonds. The molecular weight excluding hydrogens is 212 g/mol. The molecule has 0 bridgehead atoms. The highest BCUT2D eigenvalue weighted by molar-refractivity contribution is 5.01. The number of likely N-dealkylation sites (N-methyl/N-ethyl adjacent to an activating group) is 1. The Morgan fingerprint density at radius 3 is 2.53 bits per heavy atom. The van der Waals surface area contributed by atoms with Gasteiger partial charge in [-0.15, -0.1) is 0 Å². The molecule has 1 saturated carbocycles. The van der Waals surface area contributed by atoms with Crippen LogP contribution in [0.2, 0.25) is 0 Å². The van der Waals surface area contributed by atoms with Gasteiger partial charge in [0.25, 0.3) is 0 Å². The smallest absolute Gasteiger partial charge is 0.0753 e. The van der Waals surface area contributed by atoms with E-state index in [-0.39, 0.29) is 5.60 Å². The van der Waals surface area contributed by atoms with Gasteiger partial charge in [-0.2, -0.15) is 0 Å². The monoisotopic (exact) mass is 240 g/mol. The van der Waals surface area contributed by atoms with E-state index in [4.69, 9.17) is 4.74 Å². The largest absolute Gasteiger partial charge is 0.373 e. The minimum Gasteiger partial charge on any atom is -0.373 e. The van der Waals surface area contributed by atoms with Crippen molar-refractivity contribution in [2.75, 3.05) is 26.7 Å². The molecule has 0 aromatic rings. The highest BCUT2D eigenvalue weighted by atomic mass is 16.5. The van der Waals surface area contributed by atoms with Crippen molar-refractivity contribution in [3.05, 3.63) is 0 Å². The van der Waals surface area contributed by atoms with Gasteiger partial charge in [-0.1, -0.05) is 13.8 Å². The molecule has 1 saturated heterocycles. The summed E-state index contributed by atoms with van der Waals surface area (Å²) >= 11 is 0. The molecule has 0 aromatic heterocycles. The first-order valence-corrected chi connectivity index (χ1v) is 6.91. The van der Waals surface area contributed by atoms with Gasteiger partial charge in [0.15, 0.2) is 0 Å². The van der Waals surface area contributed by atoms with Crippen LogP contribution in [0.15, 0.2) is 0 Å². The standard InChI is InChI=1S/C14H28N2O/c1-13(2)7-6-11(12(13)15-5)16-8-9-17-14(3,4)10-16/h11-12,15H,6-10H2,1-5H3. The van der Waals surface area contributed by atoms with E-state index in [2.05, 4.69) is 45.0 Å². The molecule has 3 nitrogen and oxygen atoms in total. The maximum absolute atomic E-state index is 5.81. The fourth-order valence-electron chi connectivity index (χ4n) is 3.68. The van der Waals surface area contributed by atoms with Crippen molar-refractivity contribution in [2.24, 2.45) is 5.41 Å². The third kappa shape index (κ3) is 2.67. The number of nitrogens with zero attached hydrogens (tertiary/aromatic N) is 1. The first-order valence-electron chi connectivity index (χ1n) is 6.91. The number of nitrogens with one attached hydrogen (secondary N) is 1. The van der Waals surface area contributed by atoms with Gasteiger partial charge >= 0.3 is 0 Å². The van der Waals surface area contributed by atoms with E-state index in [1.165, 1.54) is 12.8 Å². The highest BCUT2D eigenvalue weighted by Gasteiger charge is 2.45. The molecule has 2 unspecified atom stereocenters. The fourth-order valence-corrected chi connectivity index (χ4v) is 3.68. The predicted octanol–water partition coefficient (Wildman–Crippen LogP) is 1.87. The molecule has 2 atom stereocenters. The van der Waals surface area contributed by atoms with Crippen molar-refractivity contribution in [2.45, 2.75) is 58.2 Å². The molecule has 1 aliphatic carbocycles. The zero-order valence-electron chi connectivity index (χ0n) is 12.0. The number of ether oxygens (including phenoxy) is 1. The highest BCUT2D eigenvalue weighted by Crippen LogP contribution is 2.40. The van der Waals surface area contributed by atoms with E-state index in [0.29, 0.717) is 17.5 Å². The van der Waals surface area contributed by atoms with E-state index < -0.39 is 0 Å². The van der Waals surface area contributed by atoms with Crippen LogP contribution < -0.4 is 5.32 Å². The van der Waals surface area contributed by atoms with Crippen molar-refractivity contribution < 1.29 is 4.74 Å². The summed E-state index contributed by atoms with van der Waals surface area (Å²) < 4.78 is 5.81. The number of hydrogen-bond donors (Lipinski definition) is 1. The van der Waals surface area contributed by atoms with Crippen LogP contribution in [0.25, 0.3) is 0 Å². The first kappa shape index (κ1) is 13.3. The molecule has 2 fully saturated rings. The lowest BCUT2D eigenvalue weighted by molar-refractivity contribution is -0.0997. The molecule has 1 heterocycles. The Balaban J connectivity index is 2.07. The van der Waals surface area contributed by atoms with Gasteiger partial charge in [0, 0.05) is 25.2 Å². The molecule has 1 aliphatic heterocycles. The number of hydrogen-bond acceptors (Lipinski definition) is 3. The van der Waals surface area contributed by atoms with Crippen molar-refractivity contribution in [3.63, 3.8) is 0 Å². The van der Waals surface area contributed by atoms with Gasteiger partial charge in [-0.05, 0) is 39.2 Å². The Labute approximate surface area is 106 Å².